The van der Waals surface area contributed by atoms with Gasteiger partial charge in [-0.2, -0.15) is 0 Å². The third-order valence-electron chi connectivity index (χ3n) is 6.98. The fourth-order valence-electron chi connectivity index (χ4n) is 5.87. The number of aliphatic hydroxyl groups is 1. The van der Waals surface area contributed by atoms with Crippen LogP contribution in [0, 0.1) is 5.92 Å². The molecule has 5 atom stereocenters. The molecule has 1 N–H and O–H groups in total. The number of hydrogen-bond acceptors (Lipinski definition) is 6. The van der Waals surface area contributed by atoms with Crippen LogP contribution in [-0.4, -0.2) is 61.0 Å². The number of aliphatic hydroxyl groups excluding tert-OH is 1. The molecule has 1 aromatic carbocycles. The minimum absolute atomic E-state index is 0.115. The van der Waals surface area contributed by atoms with E-state index in [9.17, 15) is 4.79 Å². The van der Waals surface area contributed by atoms with Gasteiger partial charge in [-0.3, -0.25) is 4.79 Å². The number of likely N-dealkylation sites (tertiary alicyclic amines) is 1. The molecule has 5 rings (SSSR count). The first-order valence-corrected chi connectivity index (χ1v) is 10.2. The Morgan fingerprint density at radius 3 is 3.04 bits per heavy atom. The van der Waals surface area contributed by atoms with E-state index in [4.69, 9.17) is 19.3 Å². The number of nitrogens with zero attached hydrogens (tertiary/aromatic N) is 1. The molecule has 6 heteroatoms. The first-order valence-electron chi connectivity index (χ1n) is 10.2. The number of piperidine rings is 1. The van der Waals surface area contributed by atoms with Gasteiger partial charge in [0, 0.05) is 43.1 Å². The van der Waals surface area contributed by atoms with Gasteiger partial charge in [0.15, 0.2) is 11.5 Å². The minimum atomic E-state index is -0.338. The fourth-order valence-corrected chi connectivity index (χ4v) is 5.87. The van der Waals surface area contributed by atoms with Gasteiger partial charge in [0.1, 0.15) is 12.2 Å². The molecule has 2 aliphatic carbocycles. The molecule has 2 heterocycles. The minimum Gasteiger partial charge on any atom is -0.482 e. The number of hydrogen-bond donors (Lipinski definition) is 1. The predicted molar refractivity (Wildman–Crippen MR) is 103 cm³/mol. The van der Waals surface area contributed by atoms with Gasteiger partial charge in [0.05, 0.1) is 0 Å². The predicted octanol–water partition coefficient (Wildman–Crippen LogP) is 1.82. The first-order chi connectivity index (χ1) is 13.6. The van der Waals surface area contributed by atoms with Crippen molar-refractivity contribution in [2.75, 3.05) is 26.8 Å². The third-order valence-corrected chi connectivity index (χ3v) is 6.98. The summed E-state index contributed by atoms with van der Waals surface area (Å²) >= 11 is 0. The SMILES string of the molecule is CC(=O)Oc1ccc2c3c1O[C@H]1[C@@H](OCCCO)C=C[C@H]4[C@@H](C2)N(C)CC[C@@]341. The van der Waals surface area contributed by atoms with Crippen LogP contribution in [0.4, 0.5) is 0 Å². The summed E-state index contributed by atoms with van der Waals surface area (Å²) in [5, 5.41) is 9.12. The molecule has 0 unspecified atom stereocenters. The van der Waals surface area contributed by atoms with E-state index in [0.717, 1.165) is 25.1 Å². The number of carbonyl (C=O) groups excluding carboxylic acids is 1. The summed E-state index contributed by atoms with van der Waals surface area (Å²) in [4.78, 5) is 14.1. The zero-order valence-electron chi connectivity index (χ0n) is 16.4. The van der Waals surface area contributed by atoms with E-state index in [2.05, 4.69) is 30.2 Å². The molecule has 6 nitrogen and oxygen atoms in total. The highest BCUT2D eigenvalue weighted by Gasteiger charge is 2.64. The Hall–Kier alpha value is -1.89. The van der Waals surface area contributed by atoms with E-state index < -0.39 is 0 Å². The summed E-state index contributed by atoms with van der Waals surface area (Å²) < 4.78 is 18.2. The quantitative estimate of drug-likeness (QED) is 0.361. The van der Waals surface area contributed by atoms with Crippen molar-refractivity contribution in [3.8, 4) is 11.5 Å². The Morgan fingerprint density at radius 1 is 1.39 bits per heavy atom. The van der Waals surface area contributed by atoms with Gasteiger partial charge in [-0.25, -0.2) is 0 Å². The average molecular weight is 385 g/mol. The number of likely N-dealkylation sites (N-methyl/N-ethyl adjacent to an activating group) is 1. The van der Waals surface area contributed by atoms with Crippen molar-refractivity contribution in [3.05, 3.63) is 35.4 Å². The van der Waals surface area contributed by atoms with Crippen LogP contribution in [-0.2, 0) is 21.4 Å². The monoisotopic (exact) mass is 385 g/mol. The molecule has 1 aromatic rings. The molecular weight excluding hydrogens is 358 g/mol. The molecule has 1 fully saturated rings. The highest BCUT2D eigenvalue weighted by atomic mass is 16.6. The van der Waals surface area contributed by atoms with Crippen molar-refractivity contribution >= 4 is 5.97 Å². The van der Waals surface area contributed by atoms with Gasteiger partial charge in [-0.05, 0) is 44.5 Å². The van der Waals surface area contributed by atoms with E-state index in [1.165, 1.54) is 18.1 Å². The lowest BCUT2D eigenvalue weighted by Gasteiger charge is -2.56. The molecule has 0 aromatic heterocycles. The Kier molecular flexibility index (Phi) is 4.27. The van der Waals surface area contributed by atoms with Gasteiger partial charge < -0.3 is 24.2 Å². The van der Waals surface area contributed by atoms with Crippen LogP contribution in [0.1, 0.15) is 30.9 Å². The molecule has 1 spiro atoms. The first kappa shape index (κ1) is 18.2. The van der Waals surface area contributed by atoms with E-state index >= 15 is 0 Å². The van der Waals surface area contributed by atoms with Crippen LogP contribution in [0.5, 0.6) is 11.5 Å². The molecule has 150 valence electrons. The number of esters is 1. The summed E-state index contributed by atoms with van der Waals surface area (Å²) in [6, 6.07) is 4.41. The van der Waals surface area contributed by atoms with Crippen LogP contribution >= 0.6 is 0 Å². The second kappa shape index (κ2) is 6.58. The Morgan fingerprint density at radius 2 is 2.25 bits per heavy atom. The molecule has 28 heavy (non-hydrogen) atoms. The lowest BCUT2D eigenvalue weighted by atomic mass is 9.53. The van der Waals surface area contributed by atoms with E-state index in [1.807, 2.05) is 6.07 Å². The van der Waals surface area contributed by atoms with Gasteiger partial charge in [0.25, 0.3) is 0 Å². The molecular formula is C22H27NO5. The van der Waals surface area contributed by atoms with Crippen molar-refractivity contribution in [2.45, 2.75) is 49.9 Å². The normalized spacial score (nSPS) is 34.7. The number of rotatable bonds is 5. The standard InChI is InChI=1S/C22H27NO5/c1-13(25)27-17-6-4-14-12-16-15-5-7-18(26-11-3-10-24)21-22(15,8-9-23(16)2)19(14)20(17)28-21/h4-7,15-16,18,21,24H,3,8-12H2,1-2H3/t15-,16+,18-,21-,22-/m0/s1. The molecule has 0 amide bonds. The number of benzene rings is 1. The maximum atomic E-state index is 11.6. The van der Waals surface area contributed by atoms with Crippen LogP contribution in [0.25, 0.3) is 0 Å². The largest absolute Gasteiger partial charge is 0.482 e. The van der Waals surface area contributed by atoms with Crippen molar-refractivity contribution in [2.24, 2.45) is 5.92 Å². The third kappa shape index (κ3) is 2.41. The topological polar surface area (TPSA) is 68.2 Å². The average Bonchev–Trinajstić information content (AvgIpc) is 3.02. The van der Waals surface area contributed by atoms with Crippen molar-refractivity contribution in [1.82, 2.24) is 4.90 Å². The van der Waals surface area contributed by atoms with Gasteiger partial charge in [0.2, 0.25) is 0 Å². The highest BCUT2D eigenvalue weighted by Crippen LogP contribution is 2.62. The summed E-state index contributed by atoms with van der Waals surface area (Å²) in [5.74, 6) is 1.26. The highest BCUT2D eigenvalue weighted by molar-refractivity contribution is 5.72. The number of ether oxygens (including phenoxy) is 3. The van der Waals surface area contributed by atoms with Gasteiger partial charge in [-0.15, -0.1) is 0 Å². The molecule has 0 saturated carbocycles. The van der Waals surface area contributed by atoms with Gasteiger partial charge in [-0.1, -0.05) is 18.2 Å². The number of carbonyl (C=O) groups is 1. The van der Waals surface area contributed by atoms with Crippen molar-refractivity contribution in [1.29, 1.82) is 0 Å². The summed E-state index contributed by atoms with van der Waals surface area (Å²) in [5.41, 5.74) is 2.38. The smallest absolute Gasteiger partial charge is 0.308 e. The van der Waals surface area contributed by atoms with Crippen molar-refractivity contribution in [3.63, 3.8) is 0 Å². The Balaban J connectivity index is 1.63. The molecule has 4 aliphatic rings. The molecule has 2 bridgehead atoms. The Bertz CT molecular complexity index is 836. The summed E-state index contributed by atoms with van der Waals surface area (Å²) in [7, 11) is 2.21. The van der Waals surface area contributed by atoms with Gasteiger partial charge >= 0.3 is 5.97 Å². The summed E-state index contributed by atoms with van der Waals surface area (Å²) in [6.07, 6.45) is 6.72. The van der Waals surface area contributed by atoms with E-state index in [-0.39, 0.29) is 30.2 Å². The molecule has 0 radical (unpaired) electrons. The van der Waals surface area contributed by atoms with Crippen LogP contribution in [0.2, 0.25) is 0 Å². The maximum Gasteiger partial charge on any atom is 0.308 e. The molecule has 1 saturated heterocycles. The van der Waals surface area contributed by atoms with E-state index in [0.29, 0.717) is 30.7 Å². The maximum absolute atomic E-state index is 11.6. The van der Waals surface area contributed by atoms with Crippen LogP contribution < -0.4 is 9.47 Å². The summed E-state index contributed by atoms with van der Waals surface area (Å²) in [6.45, 7) is 3.04. The lowest BCUT2D eigenvalue weighted by Crippen LogP contribution is -2.65. The zero-order valence-corrected chi connectivity index (χ0v) is 16.4. The lowest BCUT2D eigenvalue weighted by molar-refractivity contribution is -0.132. The van der Waals surface area contributed by atoms with Crippen LogP contribution in [0.15, 0.2) is 24.3 Å². The second-order valence-corrected chi connectivity index (χ2v) is 8.42. The van der Waals surface area contributed by atoms with Crippen molar-refractivity contribution < 1.29 is 24.1 Å². The van der Waals surface area contributed by atoms with Crippen LogP contribution in [0.3, 0.4) is 0 Å². The Labute approximate surface area is 165 Å². The fraction of sp³-hybridized carbons (Fsp3) is 0.591. The zero-order chi connectivity index (χ0) is 19.5. The molecule has 2 aliphatic heterocycles. The van der Waals surface area contributed by atoms with E-state index in [1.54, 1.807) is 0 Å². The second-order valence-electron chi connectivity index (χ2n) is 8.42.